The summed E-state index contributed by atoms with van der Waals surface area (Å²) in [4.78, 5) is 1.87. The molecule has 0 radical (unpaired) electrons. The van der Waals surface area contributed by atoms with Gasteiger partial charge in [-0.05, 0) is 40.3 Å². The van der Waals surface area contributed by atoms with E-state index in [4.69, 9.17) is 0 Å². The summed E-state index contributed by atoms with van der Waals surface area (Å²) in [5, 5.41) is 9.93. The van der Waals surface area contributed by atoms with Crippen LogP contribution in [0.1, 0.15) is 39.5 Å². The fourth-order valence-corrected chi connectivity index (χ4v) is 1.66. The summed E-state index contributed by atoms with van der Waals surface area (Å²) >= 11 is 0. The van der Waals surface area contributed by atoms with Crippen molar-refractivity contribution >= 4 is 0 Å². The van der Waals surface area contributed by atoms with Crippen LogP contribution < -0.4 is 0 Å². The van der Waals surface area contributed by atoms with E-state index in [1.165, 1.54) is 0 Å². The standard InChI is InChI=1S/C11H22F3NO/c1-5-10(2,15(3)4)9(16)7-6-8-11(12,13)14/h9,16H,5-8H2,1-4H3. The van der Waals surface area contributed by atoms with Crippen molar-refractivity contribution in [3.8, 4) is 0 Å². The lowest BCUT2D eigenvalue weighted by Gasteiger charge is -2.40. The van der Waals surface area contributed by atoms with Crippen LogP contribution in [0.2, 0.25) is 0 Å². The molecule has 2 unspecified atom stereocenters. The van der Waals surface area contributed by atoms with Gasteiger partial charge >= 0.3 is 6.18 Å². The molecule has 0 aliphatic rings. The van der Waals surface area contributed by atoms with Gasteiger partial charge in [0.25, 0.3) is 0 Å². The number of alkyl halides is 3. The van der Waals surface area contributed by atoms with E-state index >= 15 is 0 Å². The van der Waals surface area contributed by atoms with Crippen LogP contribution in [-0.2, 0) is 0 Å². The summed E-state index contributed by atoms with van der Waals surface area (Å²) < 4.78 is 35.9. The Hall–Kier alpha value is -0.290. The molecule has 0 aliphatic heterocycles. The summed E-state index contributed by atoms with van der Waals surface area (Å²) in [6.45, 7) is 3.79. The molecule has 2 nitrogen and oxygen atoms in total. The number of nitrogens with zero attached hydrogens (tertiary/aromatic N) is 1. The molecule has 0 amide bonds. The molecule has 0 aliphatic carbocycles. The van der Waals surface area contributed by atoms with Crippen LogP contribution in [0.4, 0.5) is 13.2 Å². The lowest BCUT2D eigenvalue weighted by atomic mass is 9.87. The third-order valence-corrected chi connectivity index (χ3v) is 3.39. The van der Waals surface area contributed by atoms with Gasteiger partial charge in [-0.15, -0.1) is 0 Å². The summed E-state index contributed by atoms with van der Waals surface area (Å²) in [5.41, 5.74) is -0.453. The molecule has 98 valence electrons. The number of likely N-dealkylation sites (N-methyl/N-ethyl adjacent to an activating group) is 1. The van der Waals surface area contributed by atoms with Crippen molar-refractivity contribution in [3.05, 3.63) is 0 Å². The Morgan fingerprint density at radius 3 is 2.06 bits per heavy atom. The molecule has 0 saturated carbocycles. The first-order valence-corrected chi connectivity index (χ1v) is 5.55. The highest BCUT2D eigenvalue weighted by molar-refractivity contribution is 4.89. The van der Waals surface area contributed by atoms with E-state index in [9.17, 15) is 18.3 Å². The van der Waals surface area contributed by atoms with Crippen LogP contribution in [-0.4, -0.2) is 41.9 Å². The van der Waals surface area contributed by atoms with Gasteiger partial charge in [0.05, 0.1) is 6.10 Å². The molecule has 0 fully saturated rings. The molecule has 0 aromatic heterocycles. The molecule has 0 aromatic carbocycles. The summed E-state index contributed by atoms with van der Waals surface area (Å²) in [5.74, 6) is 0. The average molecular weight is 241 g/mol. The van der Waals surface area contributed by atoms with Gasteiger partial charge in [0, 0.05) is 12.0 Å². The lowest BCUT2D eigenvalue weighted by Crippen LogP contribution is -2.50. The highest BCUT2D eigenvalue weighted by Gasteiger charge is 2.34. The Morgan fingerprint density at radius 1 is 1.25 bits per heavy atom. The second kappa shape index (κ2) is 5.87. The fraction of sp³-hybridized carbons (Fsp3) is 1.00. The zero-order chi connectivity index (χ0) is 13.0. The van der Waals surface area contributed by atoms with Crippen LogP contribution in [0.3, 0.4) is 0 Å². The van der Waals surface area contributed by atoms with Crippen molar-refractivity contribution in [2.45, 2.75) is 57.3 Å². The van der Waals surface area contributed by atoms with E-state index in [0.717, 1.165) is 0 Å². The summed E-state index contributed by atoms with van der Waals surface area (Å²) in [7, 11) is 3.66. The quantitative estimate of drug-likeness (QED) is 0.773. The minimum absolute atomic E-state index is 0.0197. The van der Waals surface area contributed by atoms with E-state index in [2.05, 4.69) is 0 Å². The van der Waals surface area contributed by atoms with Crippen molar-refractivity contribution in [1.29, 1.82) is 0 Å². The van der Waals surface area contributed by atoms with E-state index in [1.807, 2.05) is 32.8 Å². The number of hydrogen-bond donors (Lipinski definition) is 1. The minimum Gasteiger partial charge on any atom is -0.391 e. The Kier molecular flexibility index (Phi) is 5.76. The SMILES string of the molecule is CCC(C)(C(O)CCCC(F)(F)F)N(C)C. The Morgan fingerprint density at radius 2 is 1.75 bits per heavy atom. The molecule has 5 heteroatoms. The first-order chi connectivity index (χ1) is 7.13. The summed E-state index contributed by atoms with van der Waals surface area (Å²) in [6, 6.07) is 0. The van der Waals surface area contributed by atoms with Gasteiger partial charge in [-0.3, -0.25) is 0 Å². The Labute approximate surface area is 95.4 Å². The second-order valence-electron chi connectivity index (χ2n) is 4.63. The molecule has 0 heterocycles. The van der Waals surface area contributed by atoms with Crippen LogP contribution in [0.15, 0.2) is 0 Å². The van der Waals surface area contributed by atoms with Gasteiger partial charge in [0.1, 0.15) is 0 Å². The van der Waals surface area contributed by atoms with Gasteiger partial charge in [-0.25, -0.2) is 0 Å². The maximum Gasteiger partial charge on any atom is 0.389 e. The van der Waals surface area contributed by atoms with Crippen LogP contribution in [0, 0.1) is 0 Å². The smallest absolute Gasteiger partial charge is 0.389 e. The van der Waals surface area contributed by atoms with Gasteiger partial charge in [0.2, 0.25) is 0 Å². The van der Waals surface area contributed by atoms with E-state index in [-0.39, 0.29) is 12.8 Å². The Balaban J connectivity index is 4.18. The molecular weight excluding hydrogens is 219 g/mol. The number of hydrogen-bond acceptors (Lipinski definition) is 2. The third-order valence-electron chi connectivity index (χ3n) is 3.39. The van der Waals surface area contributed by atoms with E-state index < -0.39 is 24.2 Å². The predicted molar refractivity (Wildman–Crippen MR) is 58.3 cm³/mol. The van der Waals surface area contributed by atoms with Gasteiger partial charge in [0.15, 0.2) is 0 Å². The highest BCUT2D eigenvalue weighted by Crippen LogP contribution is 2.27. The fourth-order valence-electron chi connectivity index (χ4n) is 1.66. The maximum absolute atomic E-state index is 12.0. The molecular formula is C11H22F3NO. The van der Waals surface area contributed by atoms with Crippen molar-refractivity contribution in [2.24, 2.45) is 0 Å². The zero-order valence-electron chi connectivity index (χ0n) is 10.4. The largest absolute Gasteiger partial charge is 0.391 e. The normalized spacial score (nSPS) is 18.6. The number of rotatable bonds is 6. The summed E-state index contributed by atoms with van der Waals surface area (Å²) in [6.07, 6.45) is -4.81. The third kappa shape index (κ3) is 4.70. The van der Waals surface area contributed by atoms with Crippen molar-refractivity contribution in [3.63, 3.8) is 0 Å². The highest BCUT2D eigenvalue weighted by atomic mass is 19.4. The number of aliphatic hydroxyl groups is 1. The van der Waals surface area contributed by atoms with Gasteiger partial charge in [-0.1, -0.05) is 6.92 Å². The second-order valence-corrected chi connectivity index (χ2v) is 4.63. The van der Waals surface area contributed by atoms with Crippen LogP contribution in [0.25, 0.3) is 0 Å². The molecule has 0 rings (SSSR count). The topological polar surface area (TPSA) is 23.5 Å². The van der Waals surface area contributed by atoms with Crippen LogP contribution >= 0.6 is 0 Å². The maximum atomic E-state index is 12.0. The molecule has 0 saturated heterocycles. The number of aliphatic hydroxyl groups excluding tert-OH is 1. The first kappa shape index (κ1) is 15.7. The van der Waals surface area contributed by atoms with Crippen molar-refractivity contribution in [2.75, 3.05) is 14.1 Å². The lowest BCUT2D eigenvalue weighted by molar-refractivity contribution is -0.137. The van der Waals surface area contributed by atoms with Crippen molar-refractivity contribution in [1.82, 2.24) is 4.90 Å². The Bertz CT molecular complexity index is 206. The minimum atomic E-state index is -4.12. The zero-order valence-corrected chi connectivity index (χ0v) is 10.4. The van der Waals surface area contributed by atoms with E-state index in [0.29, 0.717) is 6.42 Å². The first-order valence-electron chi connectivity index (χ1n) is 5.55. The van der Waals surface area contributed by atoms with Gasteiger partial charge in [-0.2, -0.15) is 13.2 Å². The molecule has 2 atom stereocenters. The molecule has 0 spiro atoms. The number of halogens is 3. The molecule has 16 heavy (non-hydrogen) atoms. The van der Waals surface area contributed by atoms with Crippen molar-refractivity contribution < 1.29 is 18.3 Å². The van der Waals surface area contributed by atoms with Crippen LogP contribution in [0.5, 0.6) is 0 Å². The molecule has 1 N–H and O–H groups in total. The van der Waals surface area contributed by atoms with Gasteiger partial charge < -0.3 is 10.0 Å². The monoisotopic (exact) mass is 241 g/mol. The molecule has 0 aromatic rings. The van der Waals surface area contributed by atoms with E-state index in [1.54, 1.807) is 0 Å². The average Bonchev–Trinajstić information content (AvgIpc) is 2.13. The predicted octanol–water partition coefficient (Wildman–Crippen LogP) is 2.81. The molecule has 0 bridgehead atoms.